The summed E-state index contributed by atoms with van der Waals surface area (Å²) in [6.45, 7) is 3.96. The first-order valence-corrected chi connectivity index (χ1v) is 8.92. The topological polar surface area (TPSA) is 24.7 Å². The molecule has 0 atom stereocenters. The predicted molar refractivity (Wildman–Crippen MR) is 90.1 cm³/mol. The van der Waals surface area contributed by atoms with Crippen LogP contribution in [-0.4, -0.2) is 11.4 Å². The van der Waals surface area contributed by atoms with Gasteiger partial charge in [0, 0.05) is 0 Å². The zero-order valence-electron chi connectivity index (χ0n) is 11.7. The number of hydrogen-bond acceptors (Lipinski definition) is 2. The fourth-order valence-electron chi connectivity index (χ4n) is 1.55. The summed E-state index contributed by atoms with van der Waals surface area (Å²) in [6.07, 6.45) is 0. The average Bonchev–Trinajstić information content (AvgIpc) is 2.50. The van der Waals surface area contributed by atoms with Crippen molar-refractivity contribution in [1.82, 2.24) is 0 Å². The van der Waals surface area contributed by atoms with Crippen LogP contribution in [0.15, 0.2) is 70.6 Å². The molecular weight excluding hydrogens is 350 g/mol. The Kier molecular flexibility index (Phi) is 9.00. The fourth-order valence-corrected chi connectivity index (χ4v) is 1.55. The SMILES string of the molecule is CC(=Nc1ccccc1)C(C)=Nc1ccccc1.[Cl][Ni][Cl]. The molecule has 0 unspecified atom stereocenters. The van der Waals surface area contributed by atoms with E-state index in [4.69, 9.17) is 20.4 Å². The van der Waals surface area contributed by atoms with E-state index in [1.54, 1.807) is 0 Å². The molecule has 0 aliphatic carbocycles. The Morgan fingerprint density at radius 3 is 1.29 bits per heavy atom. The molecule has 0 bridgehead atoms. The second kappa shape index (κ2) is 10.6. The summed E-state index contributed by atoms with van der Waals surface area (Å²) in [5.74, 6) is 0. The summed E-state index contributed by atoms with van der Waals surface area (Å²) in [7, 11) is 9.40. The molecule has 2 rings (SSSR count). The van der Waals surface area contributed by atoms with Gasteiger partial charge in [0.2, 0.25) is 0 Å². The van der Waals surface area contributed by atoms with E-state index in [1.807, 2.05) is 74.5 Å². The third-order valence-corrected chi connectivity index (χ3v) is 2.63. The van der Waals surface area contributed by atoms with Crippen LogP contribution in [0.3, 0.4) is 0 Å². The van der Waals surface area contributed by atoms with Crippen LogP contribution in [0.25, 0.3) is 0 Å². The van der Waals surface area contributed by atoms with Crippen LogP contribution in [0, 0.1) is 0 Å². The van der Waals surface area contributed by atoms with Gasteiger partial charge in [-0.3, -0.25) is 9.98 Å². The van der Waals surface area contributed by atoms with Crippen LogP contribution in [-0.2, 0) is 12.7 Å². The number of para-hydroxylation sites is 2. The molecule has 0 saturated carbocycles. The van der Waals surface area contributed by atoms with Gasteiger partial charge in [-0.2, -0.15) is 0 Å². The molecule has 21 heavy (non-hydrogen) atoms. The van der Waals surface area contributed by atoms with E-state index in [-0.39, 0.29) is 0 Å². The van der Waals surface area contributed by atoms with Crippen molar-refractivity contribution in [3.05, 3.63) is 60.7 Å². The van der Waals surface area contributed by atoms with E-state index >= 15 is 0 Å². The first kappa shape index (κ1) is 17.9. The quantitative estimate of drug-likeness (QED) is 0.474. The molecule has 2 nitrogen and oxygen atoms in total. The molecule has 0 amide bonds. The Bertz CT molecular complexity index is 530. The van der Waals surface area contributed by atoms with Crippen molar-refractivity contribution in [3.63, 3.8) is 0 Å². The molecule has 0 radical (unpaired) electrons. The first-order valence-electron chi connectivity index (χ1n) is 6.20. The van der Waals surface area contributed by atoms with Gasteiger partial charge in [0.25, 0.3) is 0 Å². The molecule has 2 aromatic rings. The molecule has 2 aromatic carbocycles. The van der Waals surface area contributed by atoms with E-state index in [1.165, 1.54) is 0 Å². The molecule has 0 heterocycles. The first-order chi connectivity index (χ1) is 10.2. The minimum absolute atomic E-state index is 0.569. The molecule has 0 fully saturated rings. The maximum absolute atomic E-state index is 4.70. The summed E-state index contributed by atoms with van der Waals surface area (Å²) in [5, 5.41) is 0. The van der Waals surface area contributed by atoms with Crippen molar-refractivity contribution in [2.45, 2.75) is 13.8 Å². The Morgan fingerprint density at radius 1 is 0.714 bits per heavy atom. The normalized spacial score (nSPS) is 11.8. The van der Waals surface area contributed by atoms with Crippen LogP contribution in [0.5, 0.6) is 0 Å². The van der Waals surface area contributed by atoms with Gasteiger partial charge in [0.15, 0.2) is 0 Å². The van der Waals surface area contributed by atoms with Crippen molar-refractivity contribution in [2.75, 3.05) is 0 Å². The van der Waals surface area contributed by atoms with E-state index < -0.39 is 0 Å². The van der Waals surface area contributed by atoms with Gasteiger partial charge in [-0.15, -0.1) is 0 Å². The minimum atomic E-state index is 0.569. The summed E-state index contributed by atoms with van der Waals surface area (Å²) in [5.41, 5.74) is 3.78. The molecule has 0 N–H and O–H groups in total. The summed E-state index contributed by atoms with van der Waals surface area (Å²) in [6, 6.07) is 19.8. The van der Waals surface area contributed by atoms with Crippen molar-refractivity contribution in [1.29, 1.82) is 0 Å². The molecule has 114 valence electrons. The van der Waals surface area contributed by atoms with Crippen LogP contribution in [0.2, 0.25) is 0 Å². The van der Waals surface area contributed by atoms with E-state index in [0.29, 0.717) is 12.7 Å². The van der Waals surface area contributed by atoms with Gasteiger partial charge >= 0.3 is 33.0 Å². The summed E-state index contributed by atoms with van der Waals surface area (Å²) < 4.78 is 0. The second-order valence-corrected chi connectivity index (χ2v) is 5.74. The van der Waals surface area contributed by atoms with Crippen LogP contribution in [0.4, 0.5) is 11.4 Å². The van der Waals surface area contributed by atoms with Gasteiger partial charge < -0.3 is 0 Å². The number of halogens is 2. The molecule has 0 aromatic heterocycles. The van der Waals surface area contributed by atoms with E-state index in [0.717, 1.165) is 22.8 Å². The second-order valence-electron chi connectivity index (χ2n) is 4.11. The number of hydrogen-bond donors (Lipinski definition) is 0. The summed E-state index contributed by atoms with van der Waals surface area (Å²) >= 11 is 0.569. The Balaban J connectivity index is 0.000000677. The molecule has 0 aliphatic heterocycles. The maximum atomic E-state index is 4.70. The molecule has 0 spiro atoms. The van der Waals surface area contributed by atoms with Crippen molar-refractivity contribution in [2.24, 2.45) is 9.98 Å². The molecule has 5 heteroatoms. The van der Waals surface area contributed by atoms with Gasteiger partial charge in [0.05, 0.1) is 22.8 Å². The van der Waals surface area contributed by atoms with Gasteiger partial charge in [-0.1, -0.05) is 36.4 Å². The van der Waals surface area contributed by atoms with Crippen molar-refractivity contribution in [3.8, 4) is 0 Å². The number of benzene rings is 2. The fraction of sp³-hybridized carbons (Fsp3) is 0.125. The molecule has 0 aliphatic rings. The zero-order valence-corrected chi connectivity index (χ0v) is 14.2. The van der Waals surface area contributed by atoms with Gasteiger partial charge in [0.1, 0.15) is 0 Å². The Morgan fingerprint density at radius 2 is 1.00 bits per heavy atom. The zero-order chi connectivity index (χ0) is 15.5. The third-order valence-electron chi connectivity index (χ3n) is 2.63. The monoisotopic (exact) mass is 364 g/mol. The Labute approximate surface area is 140 Å². The van der Waals surface area contributed by atoms with E-state index in [9.17, 15) is 0 Å². The van der Waals surface area contributed by atoms with Gasteiger partial charge in [-0.25, -0.2) is 0 Å². The molecule has 0 saturated heterocycles. The third kappa shape index (κ3) is 7.43. The Hall–Kier alpha value is -1.15. The number of rotatable bonds is 3. The average molecular weight is 366 g/mol. The molecular formula is C16H16Cl2N2Ni. The number of aliphatic imine (C=N–C) groups is 2. The number of nitrogens with zero attached hydrogens (tertiary/aromatic N) is 2. The van der Waals surface area contributed by atoms with Crippen LogP contribution in [0.1, 0.15) is 13.8 Å². The standard InChI is InChI=1S/C16H16N2.2ClH.Ni/c1-13(17-15-9-5-3-6-10-15)14(2)18-16-11-7-4-8-12-16;;;/h3-12H,1-2H3;2*1H;/q;;;+2/p-2. The van der Waals surface area contributed by atoms with Gasteiger partial charge in [-0.05, 0) is 38.1 Å². The van der Waals surface area contributed by atoms with Crippen LogP contribution < -0.4 is 0 Å². The predicted octanol–water partition coefficient (Wildman–Crippen LogP) is 5.95. The van der Waals surface area contributed by atoms with Crippen LogP contribution >= 0.6 is 20.4 Å². The van der Waals surface area contributed by atoms with E-state index in [2.05, 4.69) is 9.98 Å². The van der Waals surface area contributed by atoms with Crippen molar-refractivity contribution >= 4 is 43.2 Å². The van der Waals surface area contributed by atoms with Crippen molar-refractivity contribution < 1.29 is 12.7 Å². The summed E-state index contributed by atoms with van der Waals surface area (Å²) in [4.78, 5) is 9.08.